The highest BCUT2D eigenvalue weighted by molar-refractivity contribution is 7.89. The second-order valence-electron chi connectivity index (χ2n) is 3.75. The molecular formula is C7H13NO2S. The molecule has 2 unspecified atom stereocenters. The van der Waals surface area contributed by atoms with Crippen LogP contribution in [0.25, 0.3) is 0 Å². The monoisotopic (exact) mass is 175 g/mol. The van der Waals surface area contributed by atoms with E-state index in [4.69, 9.17) is 5.14 Å². The van der Waals surface area contributed by atoms with Crippen molar-refractivity contribution in [1.29, 1.82) is 0 Å². The van der Waals surface area contributed by atoms with E-state index in [9.17, 15) is 8.42 Å². The van der Waals surface area contributed by atoms with Crippen LogP contribution >= 0.6 is 0 Å². The van der Waals surface area contributed by atoms with Gasteiger partial charge < -0.3 is 0 Å². The zero-order valence-electron chi connectivity index (χ0n) is 6.36. The Labute approximate surface area is 67.0 Å². The van der Waals surface area contributed by atoms with Gasteiger partial charge in [-0.3, -0.25) is 0 Å². The lowest BCUT2D eigenvalue weighted by Gasteiger charge is -1.99. The van der Waals surface area contributed by atoms with Gasteiger partial charge in [0.25, 0.3) is 0 Å². The Balaban J connectivity index is 1.93. The summed E-state index contributed by atoms with van der Waals surface area (Å²) >= 11 is 0. The number of hydrogen-bond acceptors (Lipinski definition) is 2. The van der Waals surface area contributed by atoms with Crippen LogP contribution in [-0.2, 0) is 10.0 Å². The molecule has 0 spiro atoms. The van der Waals surface area contributed by atoms with Gasteiger partial charge in [0.05, 0.1) is 5.75 Å². The first kappa shape index (κ1) is 7.55. The molecule has 2 N–H and O–H groups in total. The number of fused-ring (bicyclic) bond motifs is 1. The van der Waals surface area contributed by atoms with Crippen LogP contribution in [-0.4, -0.2) is 14.2 Å². The summed E-state index contributed by atoms with van der Waals surface area (Å²) in [6.07, 6.45) is 3.74. The van der Waals surface area contributed by atoms with Crippen molar-refractivity contribution in [2.45, 2.75) is 19.3 Å². The van der Waals surface area contributed by atoms with E-state index in [1.807, 2.05) is 0 Å². The molecule has 2 fully saturated rings. The van der Waals surface area contributed by atoms with Crippen molar-refractivity contribution in [2.24, 2.45) is 22.9 Å². The van der Waals surface area contributed by atoms with Crippen LogP contribution in [0, 0.1) is 17.8 Å². The van der Waals surface area contributed by atoms with Crippen LogP contribution in [0.2, 0.25) is 0 Å². The van der Waals surface area contributed by atoms with Gasteiger partial charge in [-0.15, -0.1) is 0 Å². The second kappa shape index (κ2) is 2.20. The fourth-order valence-electron chi connectivity index (χ4n) is 2.49. The molecule has 0 bridgehead atoms. The van der Waals surface area contributed by atoms with Gasteiger partial charge in [0.2, 0.25) is 10.0 Å². The van der Waals surface area contributed by atoms with Crippen LogP contribution < -0.4 is 5.14 Å². The molecule has 11 heavy (non-hydrogen) atoms. The summed E-state index contributed by atoms with van der Waals surface area (Å²) in [6, 6.07) is 0. The summed E-state index contributed by atoms with van der Waals surface area (Å²) < 4.78 is 21.4. The zero-order valence-corrected chi connectivity index (χ0v) is 7.18. The van der Waals surface area contributed by atoms with Crippen molar-refractivity contribution in [1.82, 2.24) is 0 Å². The predicted molar refractivity (Wildman–Crippen MR) is 42.3 cm³/mol. The molecule has 2 aliphatic carbocycles. The van der Waals surface area contributed by atoms with E-state index in [1.54, 1.807) is 0 Å². The Morgan fingerprint density at radius 3 is 2.27 bits per heavy atom. The minimum absolute atomic E-state index is 0.225. The van der Waals surface area contributed by atoms with Crippen LogP contribution in [0.15, 0.2) is 0 Å². The van der Waals surface area contributed by atoms with Crippen LogP contribution in [0.1, 0.15) is 19.3 Å². The summed E-state index contributed by atoms with van der Waals surface area (Å²) in [4.78, 5) is 0. The molecule has 2 rings (SSSR count). The van der Waals surface area contributed by atoms with Gasteiger partial charge in [0.1, 0.15) is 0 Å². The quantitative estimate of drug-likeness (QED) is 0.657. The van der Waals surface area contributed by atoms with Crippen molar-refractivity contribution >= 4 is 10.0 Å². The number of primary sulfonamides is 1. The molecule has 0 aromatic rings. The van der Waals surface area contributed by atoms with Gasteiger partial charge in [0.15, 0.2) is 0 Å². The van der Waals surface area contributed by atoms with Gasteiger partial charge in [-0.25, -0.2) is 13.6 Å². The van der Waals surface area contributed by atoms with E-state index < -0.39 is 10.0 Å². The van der Waals surface area contributed by atoms with E-state index >= 15 is 0 Å². The maximum atomic E-state index is 10.7. The van der Waals surface area contributed by atoms with Crippen molar-refractivity contribution < 1.29 is 8.42 Å². The summed E-state index contributed by atoms with van der Waals surface area (Å²) in [6.45, 7) is 0. The molecule has 0 heterocycles. The minimum Gasteiger partial charge on any atom is -0.229 e. The summed E-state index contributed by atoms with van der Waals surface area (Å²) in [7, 11) is -3.20. The topological polar surface area (TPSA) is 60.2 Å². The Bertz CT molecular complexity index is 250. The first-order valence-electron chi connectivity index (χ1n) is 4.08. The molecule has 0 amide bonds. The number of rotatable bonds is 2. The van der Waals surface area contributed by atoms with E-state index in [0.717, 1.165) is 0 Å². The maximum absolute atomic E-state index is 10.7. The Morgan fingerprint density at radius 2 is 1.82 bits per heavy atom. The predicted octanol–water partition coefficient (Wildman–Crippen LogP) is 0.321. The third-order valence-electron chi connectivity index (χ3n) is 3.01. The second-order valence-corrected chi connectivity index (χ2v) is 5.41. The lowest BCUT2D eigenvalue weighted by Crippen LogP contribution is -2.19. The number of sulfonamides is 1. The molecule has 4 heteroatoms. The Kier molecular flexibility index (Phi) is 1.51. The van der Waals surface area contributed by atoms with E-state index in [1.165, 1.54) is 19.3 Å². The van der Waals surface area contributed by atoms with Crippen LogP contribution in [0.4, 0.5) is 0 Å². The van der Waals surface area contributed by atoms with Gasteiger partial charge in [0, 0.05) is 0 Å². The van der Waals surface area contributed by atoms with Crippen molar-refractivity contribution in [3.8, 4) is 0 Å². The Morgan fingerprint density at radius 1 is 1.27 bits per heavy atom. The number of nitrogens with two attached hydrogens (primary N) is 1. The Hall–Kier alpha value is -0.0900. The molecule has 3 nitrogen and oxygen atoms in total. The first-order chi connectivity index (χ1) is 5.08. The third kappa shape index (κ3) is 1.42. The molecule has 0 aromatic heterocycles. The maximum Gasteiger partial charge on any atom is 0.209 e. The average molecular weight is 175 g/mol. The summed E-state index contributed by atoms with van der Waals surface area (Å²) in [5.41, 5.74) is 0. The number of hydrogen-bond donors (Lipinski definition) is 1. The van der Waals surface area contributed by atoms with E-state index in [-0.39, 0.29) is 5.75 Å². The lowest BCUT2D eigenvalue weighted by atomic mass is 10.2. The molecule has 64 valence electrons. The fourth-order valence-corrected chi connectivity index (χ4v) is 3.52. The van der Waals surface area contributed by atoms with Gasteiger partial charge in [-0.05, 0) is 30.6 Å². The van der Waals surface area contributed by atoms with Gasteiger partial charge in [-0.1, -0.05) is 6.42 Å². The highest BCUT2D eigenvalue weighted by atomic mass is 32.2. The zero-order chi connectivity index (χ0) is 8.06. The first-order valence-corrected chi connectivity index (χ1v) is 5.80. The van der Waals surface area contributed by atoms with Gasteiger partial charge in [-0.2, -0.15) is 0 Å². The molecule has 0 aliphatic heterocycles. The van der Waals surface area contributed by atoms with Crippen LogP contribution in [0.3, 0.4) is 0 Å². The van der Waals surface area contributed by atoms with E-state index in [2.05, 4.69) is 0 Å². The molecular weight excluding hydrogens is 162 g/mol. The summed E-state index contributed by atoms with van der Waals surface area (Å²) in [5.74, 6) is 2.04. The average Bonchev–Trinajstić information content (AvgIpc) is 2.39. The third-order valence-corrected chi connectivity index (χ3v) is 3.86. The normalized spacial score (nSPS) is 42.1. The SMILES string of the molecule is NS(=O)(=O)CC1C2CCCC21. The van der Waals surface area contributed by atoms with Crippen molar-refractivity contribution in [3.05, 3.63) is 0 Å². The molecule has 2 aliphatic rings. The largest absolute Gasteiger partial charge is 0.229 e. The standard InChI is InChI=1S/C7H13NO2S/c8-11(9,10)4-7-5-2-1-3-6(5)7/h5-7H,1-4H2,(H2,8,9,10). The highest BCUT2D eigenvalue weighted by Crippen LogP contribution is 2.57. The van der Waals surface area contributed by atoms with Crippen LogP contribution in [0.5, 0.6) is 0 Å². The van der Waals surface area contributed by atoms with Crippen molar-refractivity contribution in [3.63, 3.8) is 0 Å². The molecule has 0 aromatic carbocycles. The molecule has 2 atom stereocenters. The smallest absolute Gasteiger partial charge is 0.209 e. The fraction of sp³-hybridized carbons (Fsp3) is 1.00. The van der Waals surface area contributed by atoms with Crippen molar-refractivity contribution in [2.75, 3.05) is 5.75 Å². The lowest BCUT2D eigenvalue weighted by molar-refractivity contribution is 0.575. The molecule has 0 saturated heterocycles. The minimum atomic E-state index is -3.20. The molecule has 2 saturated carbocycles. The van der Waals surface area contributed by atoms with E-state index in [0.29, 0.717) is 17.8 Å². The van der Waals surface area contributed by atoms with Gasteiger partial charge >= 0.3 is 0 Å². The molecule has 0 radical (unpaired) electrons. The highest BCUT2D eigenvalue weighted by Gasteiger charge is 2.53. The summed E-state index contributed by atoms with van der Waals surface area (Å²) in [5, 5.41) is 4.95.